The zero-order valence-corrected chi connectivity index (χ0v) is 10.3. The van der Waals surface area contributed by atoms with Crippen LogP contribution in [0, 0.1) is 0 Å². The number of hydrogen-bond acceptors (Lipinski definition) is 4. The van der Waals surface area contributed by atoms with E-state index in [1.807, 2.05) is 31.2 Å². The smallest absolute Gasteiger partial charge is 0.330 e. The highest BCUT2D eigenvalue weighted by Gasteiger charge is 2.12. The van der Waals surface area contributed by atoms with Gasteiger partial charge in [0.05, 0.1) is 7.11 Å². The summed E-state index contributed by atoms with van der Waals surface area (Å²) < 4.78 is 15.0. The molecule has 0 bridgehead atoms. The Balaban J connectivity index is 2.12. The highest BCUT2D eigenvalue weighted by Crippen LogP contribution is 2.33. The van der Waals surface area contributed by atoms with Crippen LogP contribution in [0.5, 0.6) is 11.5 Å². The highest BCUT2D eigenvalue weighted by atomic mass is 16.7. The first-order valence-electron chi connectivity index (χ1n) is 5.53. The van der Waals surface area contributed by atoms with Crippen molar-refractivity contribution in [3.05, 3.63) is 41.5 Å². The van der Waals surface area contributed by atoms with Crippen molar-refractivity contribution in [3.8, 4) is 11.5 Å². The number of allylic oxidation sites excluding steroid dienone is 2. The van der Waals surface area contributed by atoms with Crippen LogP contribution in [0.25, 0.3) is 6.08 Å². The SMILES string of the molecule is COC(=O)/C=C/C(C)=C/c1ccc2c(c1)OCO2. The van der Waals surface area contributed by atoms with Gasteiger partial charge in [0.15, 0.2) is 11.5 Å². The third kappa shape index (κ3) is 2.91. The molecule has 4 heteroatoms. The van der Waals surface area contributed by atoms with E-state index in [-0.39, 0.29) is 12.8 Å². The van der Waals surface area contributed by atoms with E-state index in [4.69, 9.17) is 9.47 Å². The Kier molecular flexibility index (Phi) is 3.67. The lowest BCUT2D eigenvalue weighted by Crippen LogP contribution is -1.93. The number of fused-ring (bicyclic) bond motifs is 1. The molecule has 4 nitrogen and oxygen atoms in total. The predicted octanol–water partition coefficient (Wildman–Crippen LogP) is 2.55. The van der Waals surface area contributed by atoms with Crippen LogP contribution < -0.4 is 9.47 Å². The fourth-order valence-corrected chi connectivity index (χ4v) is 1.58. The van der Waals surface area contributed by atoms with Crippen LogP contribution in [0.4, 0.5) is 0 Å². The number of hydrogen-bond donors (Lipinski definition) is 0. The van der Waals surface area contributed by atoms with Gasteiger partial charge in [0.1, 0.15) is 0 Å². The minimum absolute atomic E-state index is 0.268. The van der Waals surface area contributed by atoms with Gasteiger partial charge in [-0.05, 0) is 24.6 Å². The minimum atomic E-state index is -0.367. The Morgan fingerprint density at radius 2 is 2.06 bits per heavy atom. The number of carbonyl (C=O) groups excluding carboxylic acids is 1. The molecule has 0 N–H and O–H groups in total. The number of methoxy groups -OCH3 is 1. The van der Waals surface area contributed by atoms with E-state index in [1.54, 1.807) is 6.08 Å². The van der Waals surface area contributed by atoms with Crippen molar-refractivity contribution < 1.29 is 19.0 Å². The zero-order valence-electron chi connectivity index (χ0n) is 10.3. The molecule has 1 aromatic carbocycles. The van der Waals surface area contributed by atoms with Crippen molar-refractivity contribution in [2.75, 3.05) is 13.9 Å². The van der Waals surface area contributed by atoms with E-state index in [0.717, 1.165) is 22.6 Å². The van der Waals surface area contributed by atoms with E-state index in [2.05, 4.69) is 4.74 Å². The summed E-state index contributed by atoms with van der Waals surface area (Å²) in [5.41, 5.74) is 1.94. The molecule has 0 radical (unpaired) electrons. The summed E-state index contributed by atoms with van der Waals surface area (Å²) in [5.74, 6) is 1.14. The summed E-state index contributed by atoms with van der Waals surface area (Å²) in [7, 11) is 1.35. The predicted molar refractivity (Wildman–Crippen MR) is 67.4 cm³/mol. The Hall–Kier alpha value is -2.23. The fourth-order valence-electron chi connectivity index (χ4n) is 1.58. The maximum atomic E-state index is 10.9. The second-order valence-corrected chi connectivity index (χ2v) is 3.86. The van der Waals surface area contributed by atoms with Crippen molar-refractivity contribution in [2.45, 2.75) is 6.92 Å². The molecule has 0 aliphatic carbocycles. The van der Waals surface area contributed by atoms with Crippen LogP contribution >= 0.6 is 0 Å². The van der Waals surface area contributed by atoms with Gasteiger partial charge in [0.25, 0.3) is 0 Å². The summed E-state index contributed by atoms with van der Waals surface area (Å²) in [5, 5.41) is 0. The third-order valence-electron chi connectivity index (χ3n) is 2.47. The van der Waals surface area contributed by atoms with Crippen LogP contribution in [0.2, 0.25) is 0 Å². The normalized spacial score (nSPS) is 14.0. The maximum absolute atomic E-state index is 10.9. The average molecular weight is 246 g/mol. The van der Waals surface area contributed by atoms with Gasteiger partial charge in [-0.25, -0.2) is 4.79 Å². The number of benzene rings is 1. The largest absolute Gasteiger partial charge is 0.466 e. The lowest BCUT2D eigenvalue weighted by molar-refractivity contribution is -0.134. The summed E-state index contributed by atoms with van der Waals surface area (Å²) in [6, 6.07) is 5.70. The standard InChI is InChI=1S/C14H14O4/c1-10(3-6-14(15)16-2)7-11-4-5-12-13(8-11)18-9-17-12/h3-8H,9H2,1-2H3/b6-3+,10-7+. The van der Waals surface area contributed by atoms with Crippen LogP contribution in [0.3, 0.4) is 0 Å². The molecule has 1 aliphatic rings. The molecular formula is C14H14O4. The van der Waals surface area contributed by atoms with Gasteiger partial charge in [-0.1, -0.05) is 23.8 Å². The molecule has 0 saturated heterocycles. The summed E-state index contributed by atoms with van der Waals surface area (Å²) in [6.07, 6.45) is 5.04. The topological polar surface area (TPSA) is 44.8 Å². The number of carbonyl (C=O) groups is 1. The Bertz CT molecular complexity index is 515. The number of esters is 1. The fraction of sp³-hybridized carbons (Fsp3) is 0.214. The minimum Gasteiger partial charge on any atom is -0.466 e. The Morgan fingerprint density at radius 3 is 2.83 bits per heavy atom. The molecule has 1 aliphatic heterocycles. The highest BCUT2D eigenvalue weighted by molar-refractivity contribution is 5.82. The molecule has 0 fully saturated rings. The van der Waals surface area contributed by atoms with Crippen molar-refractivity contribution >= 4 is 12.0 Å². The van der Waals surface area contributed by atoms with E-state index in [1.165, 1.54) is 13.2 Å². The molecule has 0 aromatic heterocycles. The molecule has 0 unspecified atom stereocenters. The molecule has 0 spiro atoms. The van der Waals surface area contributed by atoms with Gasteiger partial charge in [0.2, 0.25) is 6.79 Å². The molecular weight excluding hydrogens is 232 g/mol. The van der Waals surface area contributed by atoms with E-state index in [9.17, 15) is 4.79 Å². The van der Waals surface area contributed by atoms with Crippen molar-refractivity contribution in [1.82, 2.24) is 0 Å². The molecule has 18 heavy (non-hydrogen) atoms. The van der Waals surface area contributed by atoms with Crippen molar-refractivity contribution in [2.24, 2.45) is 0 Å². The second-order valence-electron chi connectivity index (χ2n) is 3.86. The monoisotopic (exact) mass is 246 g/mol. The summed E-state index contributed by atoms with van der Waals surface area (Å²) in [6.45, 7) is 2.17. The van der Waals surface area contributed by atoms with Crippen LogP contribution in [0.15, 0.2) is 35.9 Å². The van der Waals surface area contributed by atoms with Crippen LogP contribution in [-0.4, -0.2) is 19.9 Å². The lowest BCUT2D eigenvalue weighted by atomic mass is 10.1. The first-order chi connectivity index (χ1) is 8.69. The quantitative estimate of drug-likeness (QED) is 0.467. The van der Waals surface area contributed by atoms with E-state index in [0.29, 0.717) is 0 Å². The number of ether oxygens (including phenoxy) is 3. The molecule has 2 rings (SSSR count). The first kappa shape index (κ1) is 12.2. The molecule has 1 heterocycles. The van der Waals surface area contributed by atoms with Crippen molar-refractivity contribution in [3.63, 3.8) is 0 Å². The molecule has 1 aromatic rings. The first-order valence-corrected chi connectivity index (χ1v) is 5.53. The molecule has 0 saturated carbocycles. The van der Waals surface area contributed by atoms with Gasteiger partial charge in [-0.15, -0.1) is 0 Å². The zero-order chi connectivity index (χ0) is 13.0. The molecule has 0 atom stereocenters. The van der Waals surface area contributed by atoms with Gasteiger partial charge < -0.3 is 14.2 Å². The average Bonchev–Trinajstić information content (AvgIpc) is 2.83. The third-order valence-corrected chi connectivity index (χ3v) is 2.47. The van der Waals surface area contributed by atoms with Gasteiger partial charge >= 0.3 is 5.97 Å². The summed E-state index contributed by atoms with van der Waals surface area (Å²) in [4.78, 5) is 10.9. The van der Waals surface area contributed by atoms with Crippen LogP contribution in [-0.2, 0) is 9.53 Å². The molecule has 94 valence electrons. The summed E-state index contributed by atoms with van der Waals surface area (Å²) >= 11 is 0. The van der Waals surface area contributed by atoms with Gasteiger partial charge in [-0.2, -0.15) is 0 Å². The van der Waals surface area contributed by atoms with Crippen LogP contribution in [0.1, 0.15) is 12.5 Å². The Morgan fingerprint density at radius 1 is 1.28 bits per heavy atom. The molecule has 0 amide bonds. The second kappa shape index (κ2) is 5.40. The van der Waals surface area contributed by atoms with Crippen molar-refractivity contribution in [1.29, 1.82) is 0 Å². The number of rotatable bonds is 3. The lowest BCUT2D eigenvalue weighted by Gasteiger charge is -1.99. The van der Waals surface area contributed by atoms with E-state index >= 15 is 0 Å². The van der Waals surface area contributed by atoms with Gasteiger partial charge in [0, 0.05) is 6.08 Å². The maximum Gasteiger partial charge on any atom is 0.330 e. The van der Waals surface area contributed by atoms with Gasteiger partial charge in [-0.3, -0.25) is 0 Å². The Labute approximate surface area is 105 Å². The van der Waals surface area contributed by atoms with E-state index < -0.39 is 0 Å².